The van der Waals surface area contributed by atoms with E-state index in [1.54, 1.807) is 18.2 Å². The maximum absolute atomic E-state index is 14.0. The third-order valence-electron chi connectivity index (χ3n) is 6.52. The number of sulfonamides is 1. The van der Waals surface area contributed by atoms with Gasteiger partial charge in [-0.3, -0.25) is 18.7 Å². The van der Waals surface area contributed by atoms with Crippen molar-refractivity contribution in [3.05, 3.63) is 102 Å². The van der Waals surface area contributed by atoms with Crippen LogP contribution in [0.25, 0.3) is 0 Å². The normalized spacial score (nSPS) is 11.9. The zero-order valence-corrected chi connectivity index (χ0v) is 24.1. The molecule has 2 amide bonds. The Morgan fingerprint density at radius 3 is 2.08 bits per heavy atom. The van der Waals surface area contributed by atoms with E-state index in [9.17, 15) is 22.8 Å². The molecule has 0 bridgehead atoms. The van der Waals surface area contributed by atoms with Crippen molar-refractivity contribution in [3.8, 4) is 0 Å². The fraction of sp³-hybridized carbons (Fsp3) is 0.323. The molecule has 0 saturated carbocycles. The van der Waals surface area contributed by atoms with Crippen LogP contribution < -0.4 is 9.62 Å². The van der Waals surface area contributed by atoms with Gasteiger partial charge in [-0.05, 0) is 36.6 Å². The molecule has 1 atom stereocenters. The Labute approximate surface area is 237 Å². The molecule has 8 nitrogen and oxygen atoms in total. The summed E-state index contributed by atoms with van der Waals surface area (Å²) in [5.41, 5.74) is 2.21. The second kappa shape index (κ2) is 14.4. The molecule has 0 aliphatic rings. The molecule has 40 heavy (non-hydrogen) atoms. The van der Waals surface area contributed by atoms with Gasteiger partial charge in [-0.25, -0.2) is 8.42 Å². The van der Waals surface area contributed by atoms with Crippen LogP contribution in [0.3, 0.4) is 0 Å². The van der Waals surface area contributed by atoms with Crippen LogP contribution in [0.1, 0.15) is 48.2 Å². The lowest BCUT2D eigenvalue weighted by Gasteiger charge is -2.33. The summed E-state index contributed by atoms with van der Waals surface area (Å²) in [5, 5.41) is 2.96. The van der Waals surface area contributed by atoms with Crippen LogP contribution in [0.4, 0.5) is 5.69 Å². The predicted octanol–water partition coefficient (Wildman–Crippen LogP) is 4.21. The lowest BCUT2D eigenvalue weighted by atomic mass is 10.0. The largest absolute Gasteiger partial charge is 0.354 e. The van der Waals surface area contributed by atoms with Crippen molar-refractivity contribution in [3.63, 3.8) is 0 Å². The Balaban J connectivity index is 2.03. The third-order valence-corrected chi connectivity index (χ3v) is 7.66. The van der Waals surface area contributed by atoms with Crippen LogP contribution in [0, 0.1) is 0 Å². The first-order chi connectivity index (χ1) is 19.1. The van der Waals surface area contributed by atoms with Crippen LogP contribution in [-0.4, -0.2) is 56.3 Å². The minimum absolute atomic E-state index is 0.115. The lowest BCUT2D eigenvalue weighted by molar-refractivity contribution is -0.140. The molecule has 9 heteroatoms. The Bertz CT molecular complexity index is 1390. The number of amides is 2. The average molecular weight is 564 g/mol. The number of carbonyl (C=O) groups excluding carboxylic acids is 3. The average Bonchev–Trinajstić information content (AvgIpc) is 2.94. The minimum atomic E-state index is -3.91. The standard InChI is InChI=1S/C31H37N3O5S/c1-4-5-19-32-31(37)29(20-25-13-8-6-9-14-25)33(22-26-15-10-7-11-16-26)30(36)23-34(40(3,38)39)28-18-12-17-27(21-28)24(2)35/h6-18,21,29H,4-5,19-20,22-23H2,1-3H3,(H,32,37)/t29-/m0/s1. The maximum atomic E-state index is 14.0. The first-order valence-corrected chi connectivity index (χ1v) is 15.2. The number of unbranched alkanes of at least 4 members (excludes halogenated alkanes) is 1. The first-order valence-electron chi connectivity index (χ1n) is 13.3. The molecule has 3 rings (SSSR count). The molecule has 0 spiro atoms. The summed E-state index contributed by atoms with van der Waals surface area (Å²) in [7, 11) is -3.91. The molecule has 1 N–H and O–H groups in total. The van der Waals surface area contributed by atoms with E-state index in [1.807, 2.05) is 67.6 Å². The highest BCUT2D eigenvalue weighted by Gasteiger charge is 2.33. The highest BCUT2D eigenvalue weighted by Crippen LogP contribution is 2.22. The van der Waals surface area contributed by atoms with E-state index in [4.69, 9.17) is 0 Å². The Kier molecular flexibility index (Phi) is 11.0. The van der Waals surface area contributed by atoms with Crippen molar-refractivity contribution >= 4 is 33.3 Å². The smallest absolute Gasteiger partial charge is 0.244 e. The van der Waals surface area contributed by atoms with E-state index in [1.165, 1.54) is 17.9 Å². The van der Waals surface area contributed by atoms with Gasteiger partial charge < -0.3 is 10.2 Å². The number of nitrogens with zero attached hydrogens (tertiary/aromatic N) is 2. The Hall–Kier alpha value is -3.98. The fourth-order valence-corrected chi connectivity index (χ4v) is 5.18. The third kappa shape index (κ3) is 8.77. The van der Waals surface area contributed by atoms with Crippen molar-refractivity contribution in [2.75, 3.05) is 23.7 Å². The summed E-state index contributed by atoms with van der Waals surface area (Å²) in [6.07, 6.45) is 2.97. The number of carbonyl (C=O) groups is 3. The zero-order valence-electron chi connectivity index (χ0n) is 23.2. The van der Waals surface area contributed by atoms with E-state index < -0.39 is 28.5 Å². The van der Waals surface area contributed by atoms with Crippen LogP contribution in [0.15, 0.2) is 84.9 Å². The molecule has 0 heterocycles. The van der Waals surface area contributed by atoms with Crippen molar-refractivity contribution in [2.24, 2.45) is 0 Å². The van der Waals surface area contributed by atoms with E-state index in [2.05, 4.69) is 5.32 Å². The summed E-state index contributed by atoms with van der Waals surface area (Å²) in [6.45, 7) is 3.48. The molecule has 0 aliphatic heterocycles. The number of benzene rings is 3. The summed E-state index contributed by atoms with van der Waals surface area (Å²) < 4.78 is 26.8. The number of Topliss-reactive ketones (excluding diaryl/α,β-unsaturated/α-hetero) is 1. The van der Waals surface area contributed by atoms with E-state index in [0.29, 0.717) is 12.1 Å². The molecule has 0 unspecified atom stereocenters. The number of nitrogens with one attached hydrogen (secondary N) is 1. The molecule has 0 radical (unpaired) electrons. The predicted molar refractivity (Wildman–Crippen MR) is 157 cm³/mol. The van der Waals surface area contributed by atoms with Gasteiger partial charge in [-0.15, -0.1) is 0 Å². The summed E-state index contributed by atoms with van der Waals surface area (Å²) >= 11 is 0. The van der Waals surface area contributed by atoms with Gasteiger partial charge >= 0.3 is 0 Å². The monoisotopic (exact) mass is 563 g/mol. The molecule has 0 fully saturated rings. The van der Waals surface area contributed by atoms with Crippen molar-refractivity contribution in [1.29, 1.82) is 0 Å². The highest BCUT2D eigenvalue weighted by molar-refractivity contribution is 7.92. The summed E-state index contributed by atoms with van der Waals surface area (Å²) in [5.74, 6) is -1.06. The van der Waals surface area contributed by atoms with Crippen LogP contribution in [-0.2, 0) is 32.6 Å². The Morgan fingerprint density at radius 2 is 1.50 bits per heavy atom. The minimum Gasteiger partial charge on any atom is -0.354 e. The molecule has 0 saturated heterocycles. The summed E-state index contributed by atoms with van der Waals surface area (Å²) in [6, 6.07) is 24.0. The molecular formula is C31H37N3O5S. The van der Waals surface area contributed by atoms with Gasteiger partial charge in [0.2, 0.25) is 21.8 Å². The quantitative estimate of drug-likeness (QED) is 0.234. The first kappa shape index (κ1) is 30.6. The van der Waals surface area contributed by atoms with Crippen LogP contribution in [0.5, 0.6) is 0 Å². The topological polar surface area (TPSA) is 104 Å². The maximum Gasteiger partial charge on any atom is 0.244 e. The number of ketones is 1. The van der Waals surface area contributed by atoms with Gasteiger partial charge in [0.25, 0.3) is 0 Å². The molecule has 212 valence electrons. The van der Waals surface area contributed by atoms with Gasteiger partial charge in [0, 0.05) is 25.1 Å². The SMILES string of the molecule is CCCCNC(=O)[C@H](Cc1ccccc1)N(Cc1ccccc1)C(=O)CN(c1cccc(C(C)=O)c1)S(C)(=O)=O. The fourth-order valence-electron chi connectivity index (χ4n) is 4.33. The lowest BCUT2D eigenvalue weighted by Crippen LogP contribution is -2.53. The van der Waals surface area contributed by atoms with E-state index in [0.717, 1.165) is 34.5 Å². The van der Waals surface area contributed by atoms with Gasteiger partial charge in [0.15, 0.2) is 5.78 Å². The summed E-state index contributed by atoms with van der Waals surface area (Å²) in [4.78, 5) is 41.0. The second-order valence-electron chi connectivity index (χ2n) is 9.73. The van der Waals surface area contributed by atoms with Crippen molar-refractivity contribution < 1.29 is 22.8 Å². The van der Waals surface area contributed by atoms with Crippen LogP contribution >= 0.6 is 0 Å². The molecule has 0 aromatic heterocycles. The number of hydrogen-bond donors (Lipinski definition) is 1. The molecule has 0 aliphatic carbocycles. The van der Waals surface area contributed by atoms with E-state index >= 15 is 0 Å². The van der Waals surface area contributed by atoms with Gasteiger partial charge in [-0.1, -0.05) is 86.1 Å². The van der Waals surface area contributed by atoms with Crippen molar-refractivity contribution in [2.45, 2.75) is 45.7 Å². The number of hydrogen-bond acceptors (Lipinski definition) is 5. The second-order valence-corrected chi connectivity index (χ2v) is 11.6. The Morgan fingerprint density at radius 1 is 0.875 bits per heavy atom. The van der Waals surface area contributed by atoms with Gasteiger partial charge in [-0.2, -0.15) is 0 Å². The van der Waals surface area contributed by atoms with Gasteiger partial charge in [0.1, 0.15) is 12.6 Å². The zero-order chi connectivity index (χ0) is 29.1. The van der Waals surface area contributed by atoms with Gasteiger partial charge in [0.05, 0.1) is 11.9 Å². The van der Waals surface area contributed by atoms with E-state index in [-0.39, 0.29) is 30.3 Å². The van der Waals surface area contributed by atoms with Crippen molar-refractivity contribution in [1.82, 2.24) is 10.2 Å². The number of rotatable bonds is 14. The molecule has 3 aromatic carbocycles. The highest BCUT2D eigenvalue weighted by atomic mass is 32.2. The number of anilines is 1. The van der Waals surface area contributed by atoms with Crippen LogP contribution in [0.2, 0.25) is 0 Å². The molecule has 3 aromatic rings. The molecular weight excluding hydrogens is 526 g/mol.